The number of carbonyl (C=O) groups excluding carboxylic acids is 1. The van der Waals surface area contributed by atoms with Crippen LogP contribution in [0.15, 0.2) is 109 Å². The van der Waals surface area contributed by atoms with Crippen molar-refractivity contribution in [1.82, 2.24) is 4.98 Å². The van der Waals surface area contributed by atoms with Crippen LogP contribution in [0.2, 0.25) is 5.02 Å². The summed E-state index contributed by atoms with van der Waals surface area (Å²) >= 11 is 6.12. The molecule has 5 rings (SSSR count). The summed E-state index contributed by atoms with van der Waals surface area (Å²) in [6, 6.07) is 34.1. The van der Waals surface area contributed by atoms with E-state index in [0.717, 1.165) is 27.6 Å². The summed E-state index contributed by atoms with van der Waals surface area (Å²) in [4.78, 5) is 18.0. The highest BCUT2D eigenvalue weighted by molar-refractivity contribution is 6.30. The smallest absolute Gasteiger partial charge is 0.343 e. The van der Waals surface area contributed by atoms with Gasteiger partial charge in [-0.1, -0.05) is 90.5 Å². The number of benzene rings is 4. The van der Waals surface area contributed by atoms with Gasteiger partial charge in [0.15, 0.2) is 5.75 Å². The zero-order valence-corrected chi connectivity index (χ0v) is 17.8. The molecule has 0 aliphatic heterocycles. The van der Waals surface area contributed by atoms with Crippen molar-refractivity contribution in [3.63, 3.8) is 0 Å². The Balaban J connectivity index is 1.80. The summed E-state index contributed by atoms with van der Waals surface area (Å²) in [5.41, 5.74) is 4.46. The van der Waals surface area contributed by atoms with E-state index < -0.39 is 5.97 Å². The average molecular weight is 436 g/mol. The van der Waals surface area contributed by atoms with E-state index in [1.54, 1.807) is 24.3 Å². The van der Waals surface area contributed by atoms with Crippen LogP contribution in [0.1, 0.15) is 10.4 Å². The zero-order valence-electron chi connectivity index (χ0n) is 17.0. The number of hydrogen-bond donors (Lipinski definition) is 0. The fourth-order valence-corrected chi connectivity index (χ4v) is 3.84. The Labute approximate surface area is 190 Å². The first-order valence-corrected chi connectivity index (χ1v) is 10.6. The molecule has 0 fully saturated rings. The summed E-state index contributed by atoms with van der Waals surface area (Å²) in [5, 5.41) is 1.54. The molecule has 0 radical (unpaired) electrons. The van der Waals surface area contributed by atoms with Gasteiger partial charge >= 0.3 is 5.97 Å². The van der Waals surface area contributed by atoms with Crippen LogP contribution in [0.25, 0.3) is 33.3 Å². The Kier molecular flexibility index (Phi) is 5.40. The van der Waals surface area contributed by atoms with Crippen molar-refractivity contribution < 1.29 is 9.53 Å². The van der Waals surface area contributed by atoms with Crippen LogP contribution in [0.5, 0.6) is 5.75 Å². The summed E-state index contributed by atoms with van der Waals surface area (Å²) in [5.74, 6) is -0.0128. The number of carbonyl (C=O) groups is 1. The number of pyridine rings is 1. The maximum absolute atomic E-state index is 13.1. The van der Waals surface area contributed by atoms with E-state index in [-0.39, 0.29) is 0 Å². The highest BCUT2D eigenvalue weighted by Crippen LogP contribution is 2.43. The molecule has 0 N–H and O–H groups in total. The predicted octanol–water partition coefficient (Wildman–Crippen LogP) is 7.44. The maximum atomic E-state index is 13.1. The summed E-state index contributed by atoms with van der Waals surface area (Å²) < 4.78 is 6.08. The molecule has 4 heteroatoms. The van der Waals surface area contributed by atoms with E-state index in [9.17, 15) is 4.79 Å². The molecule has 154 valence electrons. The molecule has 0 aliphatic carbocycles. The molecule has 0 aliphatic rings. The molecule has 1 heterocycles. The van der Waals surface area contributed by atoms with E-state index in [2.05, 4.69) is 0 Å². The lowest BCUT2D eigenvalue weighted by Gasteiger charge is -2.17. The second kappa shape index (κ2) is 8.66. The monoisotopic (exact) mass is 435 g/mol. The molecule has 1 aromatic heterocycles. The van der Waals surface area contributed by atoms with E-state index in [1.165, 1.54) is 0 Å². The molecular weight excluding hydrogens is 418 g/mol. The molecule has 0 saturated carbocycles. The molecule has 4 aromatic carbocycles. The van der Waals surface area contributed by atoms with Crippen molar-refractivity contribution in [1.29, 1.82) is 0 Å². The first-order chi connectivity index (χ1) is 15.7. The number of hydrogen-bond acceptors (Lipinski definition) is 3. The molecule has 0 spiro atoms. The number of halogens is 1. The van der Waals surface area contributed by atoms with Crippen molar-refractivity contribution >= 4 is 28.5 Å². The number of para-hydroxylation sites is 1. The number of aromatic nitrogens is 1. The van der Waals surface area contributed by atoms with Crippen molar-refractivity contribution in [2.24, 2.45) is 0 Å². The van der Waals surface area contributed by atoms with Gasteiger partial charge < -0.3 is 4.74 Å². The Hall–Kier alpha value is -3.95. The highest BCUT2D eigenvalue weighted by Gasteiger charge is 2.22. The van der Waals surface area contributed by atoms with E-state index in [1.807, 2.05) is 84.9 Å². The summed E-state index contributed by atoms with van der Waals surface area (Å²) in [7, 11) is 0. The van der Waals surface area contributed by atoms with Gasteiger partial charge in [-0.3, -0.25) is 0 Å². The molecule has 5 aromatic rings. The van der Waals surface area contributed by atoms with Crippen molar-refractivity contribution in [3.05, 3.63) is 120 Å². The molecule has 0 unspecified atom stereocenters. The minimum absolute atomic E-state index is 0.422. The van der Waals surface area contributed by atoms with Crippen LogP contribution < -0.4 is 4.74 Å². The number of ether oxygens (including phenoxy) is 1. The van der Waals surface area contributed by atoms with Crippen molar-refractivity contribution in [3.8, 4) is 28.1 Å². The molecule has 0 bridgehead atoms. The maximum Gasteiger partial charge on any atom is 0.343 e. The third-order valence-corrected chi connectivity index (χ3v) is 5.48. The van der Waals surface area contributed by atoms with Crippen LogP contribution >= 0.6 is 11.6 Å². The predicted molar refractivity (Wildman–Crippen MR) is 129 cm³/mol. The molecule has 0 amide bonds. The molecule has 3 nitrogen and oxygen atoms in total. The fraction of sp³-hybridized carbons (Fsp3) is 0. The minimum atomic E-state index is -0.435. The molecule has 32 heavy (non-hydrogen) atoms. The van der Waals surface area contributed by atoms with Gasteiger partial charge in [0.1, 0.15) is 5.69 Å². The lowest BCUT2D eigenvalue weighted by atomic mass is 9.96. The summed E-state index contributed by atoms with van der Waals surface area (Å²) in [6.07, 6.45) is 0. The lowest BCUT2D eigenvalue weighted by Crippen LogP contribution is -2.11. The quantitative estimate of drug-likeness (QED) is 0.275. The van der Waals surface area contributed by atoms with E-state index >= 15 is 0 Å². The van der Waals surface area contributed by atoms with Gasteiger partial charge in [-0.2, -0.15) is 0 Å². The second-order valence-electron chi connectivity index (χ2n) is 7.31. The van der Waals surface area contributed by atoms with Crippen LogP contribution in [0.4, 0.5) is 0 Å². The van der Waals surface area contributed by atoms with E-state index in [0.29, 0.717) is 22.0 Å². The van der Waals surface area contributed by atoms with Crippen LogP contribution in [0, 0.1) is 0 Å². The van der Waals surface area contributed by atoms with Crippen molar-refractivity contribution in [2.45, 2.75) is 0 Å². The van der Waals surface area contributed by atoms with Gasteiger partial charge in [0, 0.05) is 21.5 Å². The first-order valence-electron chi connectivity index (χ1n) is 10.2. The Morgan fingerprint density at radius 2 is 1.31 bits per heavy atom. The zero-order chi connectivity index (χ0) is 21.9. The lowest BCUT2D eigenvalue weighted by molar-refractivity contribution is 0.0736. The van der Waals surface area contributed by atoms with Crippen molar-refractivity contribution in [2.75, 3.05) is 0 Å². The number of nitrogens with zero attached hydrogens (tertiary/aromatic N) is 1. The fourth-order valence-electron chi connectivity index (χ4n) is 3.71. The topological polar surface area (TPSA) is 39.2 Å². The first kappa shape index (κ1) is 20.0. The normalized spacial score (nSPS) is 10.8. The third kappa shape index (κ3) is 3.86. The molecule has 0 saturated heterocycles. The van der Waals surface area contributed by atoms with Gasteiger partial charge in [-0.25, -0.2) is 9.78 Å². The van der Waals surface area contributed by atoms with Gasteiger partial charge in [0.2, 0.25) is 0 Å². The Morgan fingerprint density at radius 1 is 0.688 bits per heavy atom. The number of esters is 1. The average Bonchev–Trinajstić information content (AvgIpc) is 2.85. The minimum Gasteiger partial charge on any atom is -0.420 e. The van der Waals surface area contributed by atoms with Crippen LogP contribution in [-0.2, 0) is 0 Å². The Bertz CT molecular complexity index is 1400. The third-order valence-electron chi connectivity index (χ3n) is 5.23. The van der Waals surface area contributed by atoms with Gasteiger partial charge in [0.05, 0.1) is 11.1 Å². The highest BCUT2D eigenvalue weighted by atomic mass is 35.5. The van der Waals surface area contributed by atoms with Crippen LogP contribution in [0.3, 0.4) is 0 Å². The second-order valence-corrected chi connectivity index (χ2v) is 7.75. The van der Waals surface area contributed by atoms with Gasteiger partial charge in [-0.15, -0.1) is 0 Å². The molecular formula is C28H18ClNO2. The number of rotatable bonds is 4. The molecule has 0 atom stereocenters. The van der Waals surface area contributed by atoms with Gasteiger partial charge in [-0.05, 0) is 35.9 Å². The standard InChI is InChI=1S/C28H18ClNO2/c29-22-17-15-20(16-18-22)26-27(32-28(31)21-11-5-2-6-12-21)25(19-9-3-1-4-10-19)23-13-7-8-14-24(23)30-26/h1-18H. The van der Waals surface area contributed by atoms with Crippen LogP contribution in [-0.4, -0.2) is 11.0 Å². The number of fused-ring (bicyclic) bond motifs is 1. The van der Waals surface area contributed by atoms with Gasteiger partial charge in [0.25, 0.3) is 0 Å². The summed E-state index contributed by atoms with van der Waals surface area (Å²) in [6.45, 7) is 0. The largest absolute Gasteiger partial charge is 0.420 e. The SMILES string of the molecule is O=C(Oc1c(-c2ccc(Cl)cc2)nc2ccccc2c1-c1ccccc1)c1ccccc1. The van der Waals surface area contributed by atoms with E-state index in [4.69, 9.17) is 21.3 Å². The Morgan fingerprint density at radius 3 is 2.03 bits per heavy atom.